The van der Waals surface area contributed by atoms with Gasteiger partial charge in [-0.3, -0.25) is 0 Å². The highest BCUT2D eigenvalue weighted by Crippen LogP contribution is 2.09. The first-order chi connectivity index (χ1) is 10.3. The second-order valence-corrected chi connectivity index (χ2v) is 3.90. The minimum absolute atomic E-state index is 0.00472. The van der Waals surface area contributed by atoms with Gasteiger partial charge in [0.25, 0.3) is 5.95 Å². The zero-order valence-corrected chi connectivity index (χ0v) is 10.7. The normalized spacial score (nSPS) is 11.5. The molecule has 10 heteroatoms. The largest absolute Gasteiger partial charge is 0.857 e. The number of nitrogens with zero attached hydrogens (tertiary/aromatic N) is 8. The van der Waals surface area contributed by atoms with Crippen molar-refractivity contribution in [2.45, 2.75) is 6.54 Å². The summed E-state index contributed by atoms with van der Waals surface area (Å²) in [4.78, 5) is 11.9. The number of hydrogen-bond donors (Lipinski definition) is 1. The molecule has 0 fully saturated rings. The fourth-order valence-corrected chi connectivity index (χ4v) is 1.55. The van der Waals surface area contributed by atoms with Gasteiger partial charge in [0.05, 0.1) is 0 Å². The van der Waals surface area contributed by atoms with Crippen LogP contribution < -0.4 is 9.79 Å². The molecule has 0 radical (unpaired) electrons. The van der Waals surface area contributed by atoms with Gasteiger partial charge in [-0.05, 0) is 16.4 Å². The van der Waals surface area contributed by atoms with Crippen molar-refractivity contribution in [2.75, 3.05) is 0 Å². The Bertz CT molecular complexity index is 724. The predicted molar refractivity (Wildman–Crippen MR) is 66.7 cm³/mol. The van der Waals surface area contributed by atoms with Crippen LogP contribution in [-0.4, -0.2) is 41.6 Å². The molecule has 0 aromatic carbocycles. The van der Waals surface area contributed by atoms with E-state index in [4.69, 9.17) is 0 Å². The average molecular weight is 283 g/mol. The minimum Gasteiger partial charge on any atom is -0.857 e. The van der Waals surface area contributed by atoms with Gasteiger partial charge in [0.1, 0.15) is 6.20 Å². The molecule has 3 aromatic heterocycles. The number of hydrogen-bond acceptors (Lipinski definition) is 8. The Kier molecular flexibility index (Phi) is 3.50. The molecular formula is C11H9N9O. The number of rotatable bonds is 4. The Labute approximate surface area is 118 Å². The molecule has 1 N–H and O–H groups in total. The molecule has 21 heavy (non-hydrogen) atoms. The fraction of sp³-hybridized carbons (Fsp3) is 0.0909. The second-order valence-electron chi connectivity index (χ2n) is 3.90. The lowest BCUT2D eigenvalue weighted by molar-refractivity contribution is -0.744. The maximum Gasteiger partial charge on any atom is 0.288 e. The van der Waals surface area contributed by atoms with Crippen LogP contribution in [0.2, 0.25) is 0 Å². The van der Waals surface area contributed by atoms with E-state index in [-0.39, 0.29) is 12.5 Å². The number of aromatic amines is 1. The number of aromatic nitrogens is 8. The lowest BCUT2D eigenvalue weighted by Gasteiger charge is -2.03. The maximum absolute atomic E-state index is 11.7. The molecule has 0 aliphatic carbocycles. The van der Waals surface area contributed by atoms with Crippen LogP contribution in [0.15, 0.2) is 41.9 Å². The van der Waals surface area contributed by atoms with Crippen molar-refractivity contribution in [3.63, 3.8) is 0 Å². The highest BCUT2D eigenvalue weighted by Gasteiger charge is 2.06. The van der Waals surface area contributed by atoms with Crippen molar-refractivity contribution in [1.82, 2.24) is 35.7 Å². The minimum atomic E-state index is -0.433. The van der Waals surface area contributed by atoms with E-state index in [9.17, 15) is 5.11 Å². The SMILES string of the molecule is [O-]C(C[n+]1ccc(-c2ncccn2)cn1)=Nc1nn[nH]n1. The highest BCUT2D eigenvalue weighted by molar-refractivity contribution is 5.72. The van der Waals surface area contributed by atoms with Crippen molar-refractivity contribution in [3.8, 4) is 11.4 Å². The Morgan fingerprint density at radius 2 is 2.19 bits per heavy atom. The van der Waals surface area contributed by atoms with E-state index in [1.807, 2.05) is 0 Å². The Morgan fingerprint density at radius 3 is 2.86 bits per heavy atom. The molecule has 104 valence electrons. The molecule has 0 amide bonds. The zero-order valence-electron chi connectivity index (χ0n) is 10.7. The highest BCUT2D eigenvalue weighted by atomic mass is 16.3. The molecule has 0 unspecified atom stereocenters. The van der Waals surface area contributed by atoms with Crippen molar-refractivity contribution >= 4 is 11.8 Å². The van der Waals surface area contributed by atoms with Gasteiger partial charge in [0.2, 0.25) is 6.54 Å². The average Bonchev–Trinajstić information content (AvgIpc) is 3.02. The van der Waals surface area contributed by atoms with Crippen molar-refractivity contribution in [1.29, 1.82) is 0 Å². The van der Waals surface area contributed by atoms with Gasteiger partial charge in [-0.1, -0.05) is 9.78 Å². The van der Waals surface area contributed by atoms with Gasteiger partial charge < -0.3 is 5.11 Å². The number of tetrazole rings is 1. The van der Waals surface area contributed by atoms with Crippen molar-refractivity contribution in [2.24, 2.45) is 4.99 Å². The van der Waals surface area contributed by atoms with Crippen LogP contribution in [0.4, 0.5) is 5.95 Å². The molecule has 0 saturated heterocycles. The van der Waals surface area contributed by atoms with E-state index >= 15 is 0 Å². The van der Waals surface area contributed by atoms with Gasteiger partial charge in [0.15, 0.2) is 12.0 Å². The van der Waals surface area contributed by atoms with Gasteiger partial charge in [-0.2, -0.15) is 5.21 Å². The molecule has 3 aromatic rings. The van der Waals surface area contributed by atoms with Crippen LogP contribution in [0.5, 0.6) is 0 Å². The number of aliphatic imine (C=N–C) groups is 1. The van der Waals surface area contributed by atoms with E-state index in [0.29, 0.717) is 5.82 Å². The number of H-pyrrole nitrogens is 1. The molecule has 0 spiro atoms. The summed E-state index contributed by atoms with van der Waals surface area (Å²) in [5.74, 6) is 0.132. The Morgan fingerprint density at radius 1 is 1.33 bits per heavy atom. The summed E-state index contributed by atoms with van der Waals surface area (Å²) in [5, 5.41) is 28.4. The van der Waals surface area contributed by atoms with Crippen LogP contribution in [0.3, 0.4) is 0 Å². The first kappa shape index (κ1) is 12.7. The van der Waals surface area contributed by atoms with E-state index in [0.717, 1.165) is 5.56 Å². The van der Waals surface area contributed by atoms with Gasteiger partial charge in [-0.15, -0.1) is 5.10 Å². The van der Waals surface area contributed by atoms with Crippen LogP contribution in [0, 0.1) is 0 Å². The molecule has 0 saturated carbocycles. The molecule has 0 aliphatic rings. The van der Waals surface area contributed by atoms with Crippen LogP contribution in [0.1, 0.15) is 0 Å². The summed E-state index contributed by atoms with van der Waals surface area (Å²) in [6.45, 7) is -0.0233. The van der Waals surface area contributed by atoms with Gasteiger partial charge >= 0.3 is 0 Å². The molecule has 0 aliphatic heterocycles. The van der Waals surface area contributed by atoms with E-state index in [1.54, 1.807) is 36.9 Å². The van der Waals surface area contributed by atoms with E-state index in [1.165, 1.54) is 4.68 Å². The van der Waals surface area contributed by atoms with Crippen molar-refractivity contribution < 1.29 is 9.79 Å². The van der Waals surface area contributed by atoms with E-state index < -0.39 is 5.90 Å². The summed E-state index contributed by atoms with van der Waals surface area (Å²) < 4.78 is 1.44. The van der Waals surface area contributed by atoms with Crippen molar-refractivity contribution in [3.05, 3.63) is 36.9 Å². The Balaban J connectivity index is 1.73. The summed E-state index contributed by atoms with van der Waals surface area (Å²) in [5.41, 5.74) is 0.759. The standard InChI is InChI=1S/C11H8N9O/c21-9(15-11-16-18-19-17-11)7-20-5-2-8(6-14-20)10-12-3-1-4-13-10/h1-6H,7H2/q-1/p+1. The van der Waals surface area contributed by atoms with Gasteiger partial charge in [-0.25, -0.2) is 15.0 Å². The molecule has 0 bridgehead atoms. The third-order valence-electron chi connectivity index (χ3n) is 2.45. The topological polar surface area (TPSA) is 132 Å². The first-order valence-electron chi connectivity index (χ1n) is 5.92. The van der Waals surface area contributed by atoms with E-state index in [2.05, 4.69) is 40.7 Å². The lowest BCUT2D eigenvalue weighted by Crippen LogP contribution is -2.44. The van der Waals surface area contributed by atoms with Crippen LogP contribution in [0.25, 0.3) is 11.4 Å². The summed E-state index contributed by atoms with van der Waals surface area (Å²) in [6.07, 6.45) is 6.53. The lowest BCUT2D eigenvalue weighted by atomic mass is 10.3. The maximum atomic E-state index is 11.7. The molecule has 0 atom stereocenters. The summed E-state index contributed by atoms with van der Waals surface area (Å²) >= 11 is 0. The number of nitrogens with one attached hydrogen (secondary N) is 1. The second kappa shape index (κ2) is 5.77. The Hall–Kier alpha value is -3.30. The fourth-order valence-electron chi connectivity index (χ4n) is 1.55. The molecule has 3 heterocycles. The molecule has 3 rings (SSSR count). The third-order valence-corrected chi connectivity index (χ3v) is 2.45. The molecular weight excluding hydrogens is 274 g/mol. The van der Waals surface area contributed by atoms with Gasteiger partial charge in [0, 0.05) is 29.9 Å². The zero-order chi connectivity index (χ0) is 14.5. The summed E-state index contributed by atoms with van der Waals surface area (Å²) in [7, 11) is 0. The predicted octanol–water partition coefficient (Wildman–Crippen LogP) is -1.57. The van der Waals surface area contributed by atoms with Crippen LogP contribution in [-0.2, 0) is 6.54 Å². The van der Waals surface area contributed by atoms with Crippen LogP contribution >= 0.6 is 0 Å². The first-order valence-corrected chi connectivity index (χ1v) is 5.92. The third kappa shape index (κ3) is 3.18. The smallest absolute Gasteiger partial charge is 0.288 e. The monoisotopic (exact) mass is 283 g/mol. The molecule has 10 nitrogen and oxygen atoms in total. The summed E-state index contributed by atoms with van der Waals surface area (Å²) in [6, 6.07) is 3.50. The quantitative estimate of drug-likeness (QED) is 0.347.